The molecule has 1 aromatic rings. The predicted octanol–water partition coefficient (Wildman–Crippen LogP) is 3.49. The van der Waals surface area contributed by atoms with Crippen molar-refractivity contribution in [3.05, 3.63) is 29.8 Å². The molecule has 1 saturated heterocycles. The number of β-amino-alcohol motifs (C(OH)–C–C–N with tert-alkyl or cyclic N) is 1. The number of rotatable bonds is 5. The van der Waals surface area contributed by atoms with Crippen LogP contribution in [0.1, 0.15) is 45.8 Å². The first kappa shape index (κ1) is 16.3. The molecule has 0 aromatic heterocycles. The Morgan fingerprint density at radius 3 is 2.52 bits per heavy atom. The molecule has 1 aliphatic rings. The maximum absolute atomic E-state index is 10.5. The number of aliphatic hydroxyl groups excluding tert-OH is 1. The number of hydrogen-bond acceptors (Lipinski definition) is 3. The summed E-state index contributed by atoms with van der Waals surface area (Å²) < 4.78 is 5.44. The molecule has 1 heterocycles. The lowest BCUT2D eigenvalue weighted by molar-refractivity contribution is 0.0315. The second-order valence-corrected chi connectivity index (χ2v) is 6.53. The van der Waals surface area contributed by atoms with Crippen LogP contribution in [-0.4, -0.2) is 35.7 Å². The Hall–Kier alpha value is -1.06. The van der Waals surface area contributed by atoms with Crippen molar-refractivity contribution in [1.29, 1.82) is 0 Å². The first-order valence-corrected chi connectivity index (χ1v) is 8.16. The molecular formula is C18H29NO2. The van der Waals surface area contributed by atoms with E-state index < -0.39 is 6.10 Å². The lowest BCUT2D eigenvalue weighted by Crippen LogP contribution is -2.47. The van der Waals surface area contributed by atoms with E-state index in [9.17, 15) is 5.11 Å². The van der Waals surface area contributed by atoms with E-state index in [0.717, 1.165) is 17.9 Å². The molecule has 2 rings (SSSR count). The van der Waals surface area contributed by atoms with Crippen molar-refractivity contribution in [2.45, 2.75) is 46.3 Å². The largest absolute Gasteiger partial charge is 0.494 e. The van der Waals surface area contributed by atoms with Gasteiger partial charge in [0.25, 0.3) is 0 Å². The molecule has 0 aliphatic carbocycles. The standard InChI is InChI=1S/C18H29NO2/c1-5-21-17-8-6-16(7-9-17)18(20)12-19-11-13(2)10-14(3)15(19)4/h6-9,13-15,18,20H,5,10-12H2,1-4H3. The third-order valence-corrected chi connectivity index (χ3v) is 4.70. The molecule has 0 saturated carbocycles. The van der Waals surface area contributed by atoms with Gasteiger partial charge in [0.05, 0.1) is 12.7 Å². The van der Waals surface area contributed by atoms with Gasteiger partial charge in [0, 0.05) is 19.1 Å². The van der Waals surface area contributed by atoms with Crippen molar-refractivity contribution in [3.63, 3.8) is 0 Å². The third kappa shape index (κ3) is 4.21. The zero-order chi connectivity index (χ0) is 15.4. The summed E-state index contributed by atoms with van der Waals surface area (Å²) in [5.41, 5.74) is 0.969. The summed E-state index contributed by atoms with van der Waals surface area (Å²) in [5, 5.41) is 10.5. The zero-order valence-corrected chi connectivity index (χ0v) is 13.7. The highest BCUT2D eigenvalue weighted by molar-refractivity contribution is 5.28. The van der Waals surface area contributed by atoms with Crippen LogP contribution in [0.2, 0.25) is 0 Å². The fourth-order valence-electron chi connectivity index (χ4n) is 3.35. The van der Waals surface area contributed by atoms with Crippen molar-refractivity contribution in [2.75, 3.05) is 19.7 Å². The van der Waals surface area contributed by atoms with Crippen LogP contribution < -0.4 is 4.74 Å². The van der Waals surface area contributed by atoms with Gasteiger partial charge in [0.15, 0.2) is 0 Å². The van der Waals surface area contributed by atoms with Crippen molar-refractivity contribution in [1.82, 2.24) is 4.90 Å². The van der Waals surface area contributed by atoms with E-state index in [4.69, 9.17) is 4.74 Å². The minimum absolute atomic E-state index is 0.430. The lowest BCUT2D eigenvalue weighted by atomic mass is 9.85. The Labute approximate surface area is 128 Å². The lowest BCUT2D eigenvalue weighted by Gasteiger charge is -2.42. The maximum Gasteiger partial charge on any atom is 0.119 e. The minimum Gasteiger partial charge on any atom is -0.494 e. The molecule has 21 heavy (non-hydrogen) atoms. The first-order valence-electron chi connectivity index (χ1n) is 8.16. The molecule has 1 aromatic carbocycles. The summed E-state index contributed by atoms with van der Waals surface area (Å²) in [6, 6.07) is 8.35. The van der Waals surface area contributed by atoms with Gasteiger partial charge < -0.3 is 9.84 Å². The quantitative estimate of drug-likeness (QED) is 0.901. The van der Waals surface area contributed by atoms with Crippen LogP contribution in [0.25, 0.3) is 0 Å². The number of likely N-dealkylation sites (tertiary alicyclic amines) is 1. The van der Waals surface area contributed by atoms with Crippen LogP contribution >= 0.6 is 0 Å². The van der Waals surface area contributed by atoms with Crippen LogP contribution in [0.4, 0.5) is 0 Å². The van der Waals surface area contributed by atoms with Crippen molar-refractivity contribution in [3.8, 4) is 5.75 Å². The molecule has 1 aliphatic heterocycles. The zero-order valence-electron chi connectivity index (χ0n) is 13.7. The summed E-state index contributed by atoms with van der Waals surface area (Å²) in [6.07, 6.45) is 0.859. The Kier molecular flexibility index (Phi) is 5.65. The molecule has 4 unspecified atom stereocenters. The highest BCUT2D eigenvalue weighted by Gasteiger charge is 2.29. The van der Waals surface area contributed by atoms with Gasteiger partial charge in [-0.1, -0.05) is 26.0 Å². The van der Waals surface area contributed by atoms with Gasteiger partial charge in [-0.2, -0.15) is 0 Å². The Morgan fingerprint density at radius 2 is 1.90 bits per heavy atom. The highest BCUT2D eigenvalue weighted by atomic mass is 16.5. The second-order valence-electron chi connectivity index (χ2n) is 6.53. The molecule has 3 nitrogen and oxygen atoms in total. The number of aliphatic hydroxyl groups is 1. The van der Waals surface area contributed by atoms with Crippen molar-refractivity contribution < 1.29 is 9.84 Å². The molecule has 1 fully saturated rings. The van der Waals surface area contributed by atoms with Gasteiger partial charge >= 0.3 is 0 Å². The first-order chi connectivity index (χ1) is 10.0. The monoisotopic (exact) mass is 291 g/mol. The summed E-state index contributed by atoms with van der Waals surface area (Å²) in [6.45, 7) is 11.3. The Morgan fingerprint density at radius 1 is 1.24 bits per heavy atom. The third-order valence-electron chi connectivity index (χ3n) is 4.70. The molecule has 0 amide bonds. The van der Waals surface area contributed by atoms with Gasteiger partial charge in [-0.15, -0.1) is 0 Å². The summed E-state index contributed by atoms with van der Waals surface area (Å²) in [4.78, 5) is 2.43. The van der Waals surface area contributed by atoms with Crippen LogP contribution in [0.15, 0.2) is 24.3 Å². The molecule has 1 N–H and O–H groups in total. The molecule has 3 heteroatoms. The van der Waals surface area contributed by atoms with E-state index >= 15 is 0 Å². The highest BCUT2D eigenvalue weighted by Crippen LogP contribution is 2.29. The van der Waals surface area contributed by atoms with Gasteiger partial charge in [-0.25, -0.2) is 0 Å². The van der Waals surface area contributed by atoms with Gasteiger partial charge in [-0.3, -0.25) is 4.90 Å². The van der Waals surface area contributed by atoms with E-state index in [2.05, 4.69) is 25.7 Å². The minimum atomic E-state index is -0.430. The number of nitrogens with zero attached hydrogens (tertiary/aromatic N) is 1. The van der Waals surface area contributed by atoms with E-state index in [1.165, 1.54) is 6.42 Å². The van der Waals surface area contributed by atoms with Crippen LogP contribution in [-0.2, 0) is 0 Å². The van der Waals surface area contributed by atoms with E-state index in [0.29, 0.717) is 31.0 Å². The summed E-state index contributed by atoms with van der Waals surface area (Å²) in [5.74, 6) is 2.27. The maximum atomic E-state index is 10.5. The van der Waals surface area contributed by atoms with E-state index in [-0.39, 0.29) is 0 Å². The van der Waals surface area contributed by atoms with Gasteiger partial charge in [0.2, 0.25) is 0 Å². The topological polar surface area (TPSA) is 32.7 Å². The predicted molar refractivity (Wildman–Crippen MR) is 86.6 cm³/mol. The molecule has 0 radical (unpaired) electrons. The number of hydrogen-bond donors (Lipinski definition) is 1. The average Bonchev–Trinajstić information content (AvgIpc) is 2.45. The van der Waals surface area contributed by atoms with Crippen LogP contribution in [0, 0.1) is 11.8 Å². The second kappa shape index (κ2) is 7.28. The number of piperidine rings is 1. The van der Waals surface area contributed by atoms with Crippen molar-refractivity contribution in [2.24, 2.45) is 11.8 Å². The molecular weight excluding hydrogens is 262 g/mol. The summed E-state index contributed by atoms with van der Waals surface area (Å²) >= 11 is 0. The van der Waals surface area contributed by atoms with Crippen LogP contribution in [0.5, 0.6) is 5.75 Å². The normalized spacial score (nSPS) is 28.3. The average molecular weight is 291 g/mol. The summed E-state index contributed by atoms with van der Waals surface area (Å²) in [7, 11) is 0. The van der Waals surface area contributed by atoms with Crippen molar-refractivity contribution >= 4 is 0 Å². The molecule has 4 atom stereocenters. The number of ether oxygens (including phenoxy) is 1. The van der Waals surface area contributed by atoms with E-state index in [1.54, 1.807) is 0 Å². The molecule has 118 valence electrons. The fraction of sp³-hybridized carbons (Fsp3) is 0.667. The molecule has 0 spiro atoms. The van der Waals surface area contributed by atoms with Gasteiger partial charge in [-0.05, 0) is 49.8 Å². The fourth-order valence-corrected chi connectivity index (χ4v) is 3.35. The smallest absolute Gasteiger partial charge is 0.119 e. The Bertz CT molecular complexity index is 431. The van der Waals surface area contributed by atoms with Crippen LogP contribution in [0.3, 0.4) is 0 Å². The van der Waals surface area contributed by atoms with Gasteiger partial charge in [0.1, 0.15) is 5.75 Å². The van der Waals surface area contributed by atoms with E-state index in [1.807, 2.05) is 31.2 Å². The number of benzene rings is 1. The molecule has 0 bridgehead atoms. The SMILES string of the molecule is CCOc1ccc(C(O)CN2CC(C)CC(C)C2C)cc1. The Balaban J connectivity index is 1.98.